The van der Waals surface area contributed by atoms with Crippen LogP contribution >= 0.6 is 0 Å². The Labute approximate surface area is 188 Å². The first-order valence-corrected chi connectivity index (χ1v) is 10.2. The molecule has 1 unspecified atom stereocenters. The van der Waals surface area contributed by atoms with Crippen LogP contribution in [-0.2, 0) is 20.7 Å². The smallest absolute Gasteiger partial charge is 0.320 e. The first-order valence-electron chi connectivity index (χ1n) is 10.2. The van der Waals surface area contributed by atoms with Gasteiger partial charge in [0.15, 0.2) is 11.5 Å². The lowest BCUT2D eigenvalue weighted by molar-refractivity contribution is -0.153. The van der Waals surface area contributed by atoms with Gasteiger partial charge in [-0.25, -0.2) is 0 Å². The molecule has 0 amide bonds. The van der Waals surface area contributed by atoms with E-state index >= 15 is 0 Å². The molecule has 2 aromatic carbocycles. The third-order valence-electron chi connectivity index (χ3n) is 4.32. The lowest BCUT2D eigenvalue weighted by Gasteiger charge is -2.20. The molecule has 32 heavy (non-hydrogen) atoms. The van der Waals surface area contributed by atoms with Gasteiger partial charge in [-0.15, -0.1) is 0 Å². The summed E-state index contributed by atoms with van der Waals surface area (Å²) in [5.41, 5.74) is 0.807. The highest BCUT2D eigenvalue weighted by molar-refractivity contribution is 5.75. The largest absolute Gasteiger partial charge is 0.493 e. The molecule has 0 heterocycles. The number of aliphatic hydroxyl groups excluding tert-OH is 1. The molecule has 0 aliphatic heterocycles. The summed E-state index contributed by atoms with van der Waals surface area (Å²) in [5, 5.41) is 13.1. The summed E-state index contributed by atoms with van der Waals surface area (Å²) < 4.78 is 21.0. The number of methoxy groups -OCH3 is 2. The second-order valence-corrected chi connectivity index (χ2v) is 8.14. The number of rotatable bonds is 10. The Kier molecular flexibility index (Phi) is 9.04. The van der Waals surface area contributed by atoms with Gasteiger partial charge in [-0.2, -0.15) is 0 Å². The van der Waals surface area contributed by atoms with Crippen LogP contribution in [-0.4, -0.2) is 50.0 Å². The van der Waals surface area contributed by atoms with Crippen LogP contribution in [0.25, 0.3) is 0 Å². The number of carbonyl (C=O) groups is 2. The van der Waals surface area contributed by atoms with Crippen molar-refractivity contribution < 1.29 is 33.6 Å². The number of ether oxygens (including phenoxy) is 4. The van der Waals surface area contributed by atoms with Crippen molar-refractivity contribution in [3.05, 3.63) is 53.6 Å². The topological polar surface area (TPSA) is 103 Å². The van der Waals surface area contributed by atoms with Gasteiger partial charge in [-0.1, -0.05) is 18.2 Å². The van der Waals surface area contributed by atoms with E-state index in [1.165, 1.54) is 7.11 Å². The second kappa shape index (κ2) is 11.5. The molecule has 2 N–H and O–H groups in total. The number of carbonyl (C=O) groups excluding carboxylic acids is 2. The van der Waals surface area contributed by atoms with Crippen LogP contribution in [0.4, 0.5) is 0 Å². The summed E-state index contributed by atoms with van der Waals surface area (Å²) >= 11 is 0. The molecule has 2 aromatic rings. The minimum Gasteiger partial charge on any atom is -0.493 e. The zero-order valence-electron chi connectivity index (χ0n) is 19.1. The highest BCUT2D eigenvalue weighted by Crippen LogP contribution is 2.28. The Morgan fingerprint density at radius 1 is 0.969 bits per heavy atom. The molecule has 2 rings (SSSR count). The zero-order valence-corrected chi connectivity index (χ0v) is 19.1. The molecule has 8 nitrogen and oxygen atoms in total. The van der Waals surface area contributed by atoms with E-state index in [0.29, 0.717) is 22.8 Å². The molecule has 0 radical (unpaired) electrons. The average Bonchev–Trinajstić information content (AvgIpc) is 2.72. The van der Waals surface area contributed by atoms with Gasteiger partial charge in [-0.3, -0.25) is 9.59 Å². The highest BCUT2D eigenvalue weighted by atomic mass is 16.6. The third-order valence-corrected chi connectivity index (χ3v) is 4.32. The van der Waals surface area contributed by atoms with Crippen LogP contribution < -0.4 is 19.5 Å². The first-order chi connectivity index (χ1) is 15.1. The highest BCUT2D eigenvalue weighted by Gasteiger charge is 2.16. The monoisotopic (exact) mass is 445 g/mol. The van der Waals surface area contributed by atoms with Gasteiger partial charge in [0.2, 0.25) is 0 Å². The van der Waals surface area contributed by atoms with Crippen molar-refractivity contribution in [2.75, 3.05) is 27.3 Å². The summed E-state index contributed by atoms with van der Waals surface area (Å²) in [4.78, 5) is 24.0. The fraction of sp³-hybridized carbons (Fsp3) is 0.417. The van der Waals surface area contributed by atoms with Crippen LogP contribution in [0, 0.1) is 0 Å². The molecular weight excluding hydrogens is 414 g/mol. The van der Waals surface area contributed by atoms with E-state index in [1.807, 2.05) is 0 Å². The van der Waals surface area contributed by atoms with E-state index in [4.69, 9.17) is 18.9 Å². The normalized spacial score (nSPS) is 12.1. The zero-order chi connectivity index (χ0) is 23.7. The Hall–Kier alpha value is -3.10. The van der Waals surface area contributed by atoms with E-state index in [-0.39, 0.29) is 25.5 Å². The third kappa shape index (κ3) is 8.20. The maximum atomic E-state index is 12.3. The Bertz CT molecular complexity index is 904. The first kappa shape index (κ1) is 25.2. The van der Waals surface area contributed by atoms with Crippen LogP contribution in [0.2, 0.25) is 0 Å². The van der Waals surface area contributed by atoms with Crippen molar-refractivity contribution in [3.8, 4) is 17.2 Å². The summed E-state index contributed by atoms with van der Waals surface area (Å²) in [6.07, 6.45) is -0.756. The van der Waals surface area contributed by atoms with Gasteiger partial charge in [0.1, 0.15) is 11.4 Å². The quantitative estimate of drug-likeness (QED) is 0.425. The number of hydrogen-bond acceptors (Lipinski definition) is 8. The van der Waals surface area contributed by atoms with E-state index in [2.05, 4.69) is 5.32 Å². The Morgan fingerprint density at radius 3 is 2.22 bits per heavy atom. The molecule has 0 saturated carbocycles. The molecule has 0 aromatic heterocycles. The van der Waals surface area contributed by atoms with Crippen molar-refractivity contribution in [2.24, 2.45) is 0 Å². The number of aliphatic hydroxyl groups is 1. The molecule has 0 saturated heterocycles. The van der Waals surface area contributed by atoms with Crippen LogP contribution in [0.1, 0.15) is 38.0 Å². The second-order valence-electron chi connectivity index (χ2n) is 8.14. The SMILES string of the molecule is COc1ccc(CC(=O)Oc2ccc(C(O)CNCC(=O)OC(C)(C)C)cc2)cc1OC. The number of nitrogens with one attached hydrogen (secondary N) is 1. The van der Waals surface area contributed by atoms with Crippen LogP contribution in [0.3, 0.4) is 0 Å². The van der Waals surface area contributed by atoms with Crippen LogP contribution in [0.5, 0.6) is 17.2 Å². The fourth-order valence-corrected chi connectivity index (χ4v) is 2.89. The number of hydrogen-bond donors (Lipinski definition) is 2. The van der Waals surface area contributed by atoms with E-state index in [0.717, 1.165) is 5.56 Å². The predicted molar refractivity (Wildman–Crippen MR) is 119 cm³/mol. The molecule has 0 aliphatic carbocycles. The average molecular weight is 446 g/mol. The van der Waals surface area contributed by atoms with E-state index in [1.54, 1.807) is 70.3 Å². The van der Waals surface area contributed by atoms with Gasteiger partial charge in [0.05, 0.1) is 33.3 Å². The minimum atomic E-state index is -0.825. The van der Waals surface area contributed by atoms with Crippen LogP contribution in [0.15, 0.2) is 42.5 Å². The number of esters is 2. The molecule has 0 aliphatic rings. The van der Waals surface area contributed by atoms with Gasteiger partial charge < -0.3 is 29.4 Å². The lowest BCUT2D eigenvalue weighted by Crippen LogP contribution is -2.33. The fourth-order valence-electron chi connectivity index (χ4n) is 2.89. The Morgan fingerprint density at radius 2 is 1.62 bits per heavy atom. The van der Waals surface area contributed by atoms with Crippen molar-refractivity contribution in [1.82, 2.24) is 5.32 Å². The van der Waals surface area contributed by atoms with Crippen molar-refractivity contribution in [2.45, 2.75) is 38.9 Å². The van der Waals surface area contributed by atoms with Gasteiger partial charge in [0, 0.05) is 6.54 Å². The maximum absolute atomic E-state index is 12.3. The van der Waals surface area contributed by atoms with Gasteiger partial charge in [-0.05, 0) is 56.2 Å². The summed E-state index contributed by atoms with van der Waals surface area (Å²) in [6.45, 7) is 5.56. The number of benzene rings is 2. The van der Waals surface area contributed by atoms with E-state index in [9.17, 15) is 14.7 Å². The summed E-state index contributed by atoms with van der Waals surface area (Å²) in [7, 11) is 3.08. The maximum Gasteiger partial charge on any atom is 0.320 e. The van der Waals surface area contributed by atoms with Crippen molar-refractivity contribution in [1.29, 1.82) is 0 Å². The molecular formula is C24H31NO7. The molecule has 0 fully saturated rings. The summed E-state index contributed by atoms with van der Waals surface area (Å²) in [5.74, 6) is 0.676. The lowest BCUT2D eigenvalue weighted by atomic mass is 10.1. The molecule has 8 heteroatoms. The summed E-state index contributed by atoms with van der Waals surface area (Å²) in [6, 6.07) is 11.8. The molecule has 0 spiro atoms. The van der Waals surface area contributed by atoms with Gasteiger partial charge in [0.25, 0.3) is 0 Å². The van der Waals surface area contributed by atoms with E-state index < -0.39 is 17.7 Å². The van der Waals surface area contributed by atoms with Gasteiger partial charge >= 0.3 is 11.9 Å². The Balaban J connectivity index is 1.84. The molecule has 0 bridgehead atoms. The molecule has 174 valence electrons. The predicted octanol–water partition coefficient (Wildman–Crippen LogP) is 2.82. The van der Waals surface area contributed by atoms with Crippen molar-refractivity contribution >= 4 is 11.9 Å². The van der Waals surface area contributed by atoms with Crippen molar-refractivity contribution in [3.63, 3.8) is 0 Å². The molecule has 1 atom stereocenters. The minimum absolute atomic E-state index is 0.000171. The standard InChI is InChI=1S/C24H31NO7/c1-24(2,3)32-23(28)15-25-14-19(26)17-7-9-18(10-8-17)31-22(27)13-16-6-11-20(29-4)21(12-16)30-5/h6-12,19,25-26H,13-15H2,1-5H3.